The quantitative estimate of drug-likeness (QED) is 0.698. The van der Waals surface area contributed by atoms with Crippen molar-refractivity contribution in [2.45, 2.75) is 0 Å². The van der Waals surface area contributed by atoms with E-state index in [1.54, 1.807) is 30.6 Å². The monoisotopic (exact) mass is 293 g/mol. The van der Waals surface area contributed by atoms with Crippen molar-refractivity contribution in [2.75, 3.05) is 0 Å². The number of pyridine rings is 1. The summed E-state index contributed by atoms with van der Waals surface area (Å²) in [5.41, 5.74) is 3.43. The molecule has 0 aliphatic rings. The van der Waals surface area contributed by atoms with Gasteiger partial charge in [0.05, 0.1) is 16.8 Å². The molecule has 1 amide bonds. The molecular formula is C13H9Cl2N3O. The van der Waals surface area contributed by atoms with Gasteiger partial charge in [-0.15, -0.1) is 0 Å². The molecule has 96 valence electrons. The highest BCUT2D eigenvalue weighted by atomic mass is 35.5. The highest BCUT2D eigenvalue weighted by Crippen LogP contribution is 2.20. The Hall–Kier alpha value is -1.91. The summed E-state index contributed by atoms with van der Waals surface area (Å²) >= 11 is 11.7. The first-order valence-electron chi connectivity index (χ1n) is 5.35. The second-order valence-electron chi connectivity index (χ2n) is 3.61. The van der Waals surface area contributed by atoms with Crippen molar-refractivity contribution in [3.63, 3.8) is 0 Å². The predicted octanol–water partition coefficient (Wildman–Crippen LogP) is 3.15. The zero-order chi connectivity index (χ0) is 13.7. The van der Waals surface area contributed by atoms with Crippen LogP contribution < -0.4 is 5.43 Å². The Morgan fingerprint density at radius 2 is 2.16 bits per heavy atom. The number of hydrogen-bond acceptors (Lipinski definition) is 3. The number of carbonyl (C=O) groups is 1. The van der Waals surface area contributed by atoms with Gasteiger partial charge in [-0.3, -0.25) is 9.78 Å². The van der Waals surface area contributed by atoms with Gasteiger partial charge in [-0.1, -0.05) is 29.3 Å². The van der Waals surface area contributed by atoms with Crippen LogP contribution in [0, 0.1) is 0 Å². The van der Waals surface area contributed by atoms with E-state index in [9.17, 15) is 4.79 Å². The van der Waals surface area contributed by atoms with E-state index >= 15 is 0 Å². The van der Waals surface area contributed by atoms with Crippen LogP contribution >= 0.6 is 23.2 Å². The zero-order valence-electron chi connectivity index (χ0n) is 9.68. The van der Waals surface area contributed by atoms with E-state index < -0.39 is 5.91 Å². The molecule has 0 fully saturated rings. The standard InChI is InChI=1S/C13H9Cl2N3O/c14-10-3-4-12(15)11(6-10)13(19)18-17-8-9-2-1-5-16-7-9/h1-8H,(H,18,19)/b17-8+. The fraction of sp³-hybridized carbons (Fsp3) is 0. The van der Waals surface area contributed by atoms with Crippen molar-refractivity contribution in [1.29, 1.82) is 0 Å². The Balaban J connectivity index is 2.06. The number of hydrogen-bond donors (Lipinski definition) is 1. The van der Waals surface area contributed by atoms with Crippen LogP contribution in [0.5, 0.6) is 0 Å². The number of halogens is 2. The molecule has 19 heavy (non-hydrogen) atoms. The lowest BCUT2D eigenvalue weighted by atomic mass is 10.2. The summed E-state index contributed by atoms with van der Waals surface area (Å²) in [7, 11) is 0. The maximum Gasteiger partial charge on any atom is 0.272 e. The Labute approximate surface area is 120 Å². The molecule has 2 aromatic rings. The first-order chi connectivity index (χ1) is 9.16. The minimum Gasteiger partial charge on any atom is -0.267 e. The molecule has 0 atom stereocenters. The highest BCUT2D eigenvalue weighted by molar-refractivity contribution is 6.35. The molecular weight excluding hydrogens is 285 g/mol. The smallest absolute Gasteiger partial charge is 0.267 e. The van der Waals surface area contributed by atoms with Crippen molar-refractivity contribution in [3.8, 4) is 0 Å². The third-order valence-electron chi connectivity index (χ3n) is 2.24. The van der Waals surface area contributed by atoms with Crippen molar-refractivity contribution >= 4 is 35.3 Å². The molecule has 1 aromatic carbocycles. The maximum atomic E-state index is 11.8. The number of nitrogens with zero attached hydrogens (tertiary/aromatic N) is 2. The molecule has 1 N–H and O–H groups in total. The Morgan fingerprint density at radius 3 is 2.89 bits per heavy atom. The van der Waals surface area contributed by atoms with E-state index in [0.717, 1.165) is 5.56 Å². The molecule has 0 spiro atoms. The second kappa shape index (κ2) is 6.31. The summed E-state index contributed by atoms with van der Waals surface area (Å²) in [5, 5.41) is 4.58. The lowest BCUT2D eigenvalue weighted by Crippen LogP contribution is -2.18. The number of benzene rings is 1. The molecule has 1 aromatic heterocycles. The van der Waals surface area contributed by atoms with Crippen LogP contribution in [0.15, 0.2) is 47.8 Å². The molecule has 1 heterocycles. The Bertz CT molecular complexity index is 615. The zero-order valence-corrected chi connectivity index (χ0v) is 11.2. The van der Waals surface area contributed by atoms with Gasteiger partial charge in [0, 0.05) is 23.0 Å². The van der Waals surface area contributed by atoms with Gasteiger partial charge in [0.2, 0.25) is 0 Å². The average molecular weight is 294 g/mol. The van der Waals surface area contributed by atoms with Crippen LogP contribution in [0.3, 0.4) is 0 Å². The summed E-state index contributed by atoms with van der Waals surface area (Å²) in [6, 6.07) is 8.24. The van der Waals surface area contributed by atoms with E-state index in [0.29, 0.717) is 10.0 Å². The largest absolute Gasteiger partial charge is 0.272 e. The van der Waals surface area contributed by atoms with Gasteiger partial charge in [-0.2, -0.15) is 5.10 Å². The molecule has 2 rings (SSSR count). The molecule has 0 saturated carbocycles. The second-order valence-corrected chi connectivity index (χ2v) is 4.45. The third-order valence-corrected chi connectivity index (χ3v) is 2.80. The number of amides is 1. The van der Waals surface area contributed by atoms with Gasteiger partial charge in [-0.25, -0.2) is 5.43 Å². The van der Waals surface area contributed by atoms with E-state index in [4.69, 9.17) is 23.2 Å². The minimum atomic E-state index is -0.423. The van der Waals surface area contributed by atoms with Crippen molar-refractivity contribution in [3.05, 3.63) is 63.9 Å². The van der Waals surface area contributed by atoms with Crippen LogP contribution in [0.1, 0.15) is 15.9 Å². The summed E-state index contributed by atoms with van der Waals surface area (Å²) in [6.45, 7) is 0. The molecule has 0 bridgehead atoms. The van der Waals surface area contributed by atoms with E-state index in [1.165, 1.54) is 12.3 Å². The van der Waals surface area contributed by atoms with Gasteiger partial charge < -0.3 is 0 Å². The summed E-state index contributed by atoms with van der Waals surface area (Å²) in [6.07, 6.45) is 4.77. The maximum absolute atomic E-state index is 11.8. The Kier molecular flexibility index (Phi) is 4.49. The molecule has 0 aliphatic carbocycles. The molecule has 0 unspecified atom stereocenters. The van der Waals surface area contributed by atoms with Crippen LogP contribution in [0.2, 0.25) is 10.0 Å². The summed E-state index contributed by atoms with van der Waals surface area (Å²) in [5.74, 6) is -0.423. The fourth-order valence-corrected chi connectivity index (χ4v) is 1.72. The van der Waals surface area contributed by atoms with Crippen molar-refractivity contribution in [2.24, 2.45) is 5.10 Å². The fourth-order valence-electron chi connectivity index (χ4n) is 1.35. The van der Waals surface area contributed by atoms with Crippen LogP contribution in [-0.2, 0) is 0 Å². The van der Waals surface area contributed by atoms with Crippen molar-refractivity contribution < 1.29 is 4.79 Å². The average Bonchev–Trinajstić information content (AvgIpc) is 2.42. The SMILES string of the molecule is O=C(N/N=C/c1cccnc1)c1cc(Cl)ccc1Cl. The lowest BCUT2D eigenvalue weighted by molar-refractivity contribution is 0.0955. The molecule has 6 heteroatoms. The van der Waals surface area contributed by atoms with Crippen molar-refractivity contribution in [1.82, 2.24) is 10.4 Å². The van der Waals surface area contributed by atoms with Gasteiger partial charge in [0.15, 0.2) is 0 Å². The van der Waals surface area contributed by atoms with E-state index in [1.807, 2.05) is 6.07 Å². The summed E-state index contributed by atoms with van der Waals surface area (Å²) < 4.78 is 0. The number of aromatic nitrogens is 1. The lowest BCUT2D eigenvalue weighted by Gasteiger charge is -2.02. The topological polar surface area (TPSA) is 54.4 Å². The number of carbonyl (C=O) groups excluding carboxylic acids is 1. The van der Waals surface area contributed by atoms with Crippen LogP contribution in [-0.4, -0.2) is 17.1 Å². The third kappa shape index (κ3) is 3.77. The number of hydrazone groups is 1. The van der Waals surface area contributed by atoms with Gasteiger partial charge in [0.25, 0.3) is 5.91 Å². The predicted molar refractivity (Wildman–Crippen MR) is 75.8 cm³/mol. The highest BCUT2D eigenvalue weighted by Gasteiger charge is 2.09. The normalized spacial score (nSPS) is 10.6. The molecule has 0 saturated heterocycles. The van der Waals surface area contributed by atoms with Crippen LogP contribution in [0.25, 0.3) is 0 Å². The minimum absolute atomic E-state index is 0.275. The number of rotatable bonds is 3. The molecule has 4 nitrogen and oxygen atoms in total. The molecule has 0 aliphatic heterocycles. The summed E-state index contributed by atoms with van der Waals surface area (Å²) in [4.78, 5) is 15.7. The van der Waals surface area contributed by atoms with E-state index in [-0.39, 0.29) is 5.56 Å². The molecule has 0 radical (unpaired) electrons. The van der Waals surface area contributed by atoms with Crippen LogP contribution in [0.4, 0.5) is 0 Å². The van der Waals surface area contributed by atoms with Gasteiger partial charge in [0.1, 0.15) is 0 Å². The number of nitrogens with one attached hydrogen (secondary N) is 1. The van der Waals surface area contributed by atoms with E-state index in [2.05, 4.69) is 15.5 Å². The first kappa shape index (κ1) is 13.5. The Morgan fingerprint density at radius 1 is 1.32 bits per heavy atom. The van der Waals surface area contributed by atoms with Gasteiger partial charge in [-0.05, 0) is 24.3 Å². The first-order valence-corrected chi connectivity index (χ1v) is 6.11. The van der Waals surface area contributed by atoms with Gasteiger partial charge >= 0.3 is 0 Å².